The summed E-state index contributed by atoms with van der Waals surface area (Å²) >= 11 is 0. The maximum atomic E-state index is 12.8. The average Bonchev–Trinajstić information content (AvgIpc) is 3.04. The molecule has 2 aromatic rings. The molecule has 3 heterocycles. The molecule has 0 spiro atoms. The molecule has 2 fully saturated rings. The topological polar surface area (TPSA) is 79.4 Å². The molecule has 0 unspecified atom stereocenters. The fourth-order valence-corrected chi connectivity index (χ4v) is 4.46. The number of aromatic nitrogens is 2. The number of nitrogens with two attached hydrogens (primary N) is 1. The number of nitrogens with one attached hydrogen (secondary N) is 1. The number of rotatable bonds is 5. The van der Waals surface area contributed by atoms with Gasteiger partial charge in [-0.3, -0.25) is 9.48 Å². The van der Waals surface area contributed by atoms with Gasteiger partial charge in [-0.25, -0.2) is 0 Å². The van der Waals surface area contributed by atoms with Crippen LogP contribution >= 0.6 is 0 Å². The highest BCUT2D eigenvalue weighted by Gasteiger charge is 2.24. The zero-order valence-corrected chi connectivity index (χ0v) is 16.9. The summed E-state index contributed by atoms with van der Waals surface area (Å²) in [7, 11) is 1.85. The molecule has 1 amide bonds. The molecule has 1 aromatic carbocycles. The van der Waals surface area contributed by atoms with Crippen LogP contribution in [-0.2, 0) is 7.05 Å². The fraction of sp³-hybridized carbons (Fsp3) is 0.619. The van der Waals surface area contributed by atoms with Crippen molar-refractivity contribution >= 4 is 22.5 Å². The first-order valence-electron chi connectivity index (χ1n) is 10.6. The molecule has 2 aliphatic heterocycles. The molecule has 28 heavy (non-hydrogen) atoms. The minimum atomic E-state index is -0.0814. The molecule has 0 atom stereocenters. The normalized spacial score (nSPS) is 19.9. The molecular formula is C21H32N6O. The first kappa shape index (κ1) is 19.2. The van der Waals surface area contributed by atoms with Gasteiger partial charge in [-0.15, -0.1) is 0 Å². The number of carbonyl (C=O) groups excluding carboxylic acids is 1. The lowest BCUT2D eigenvalue weighted by molar-refractivity contribution is 0.0901. The number of likely N-dealkylation sites (tertiary alicyclic amines) is 2. The van der Waals surface area contributed by atoms with Crippen molar-refractivity contribution in [3.05, 3.63) is 23.9 Å². The summed E-state index contributed by atoms with van der Waals surface area (Å²) < 4.78 is 1.73. The number of nitrogens with zero attached hydrogens (tertiary/aromatic N) is 4. The average molecular weight is 385 g/mol. The van der Waals surface area contributed by atoms with E-state index in [1.165, 1.54) is 38.9 Å². The van der Waals surface area contributed by atoms with Crippen LogP contribution in [0.3, 0.4) is 0 Å². The zero-order valence-electron chi connectivity index (χ0n) is 16.9. The third-order valence-corrected chi connectivity index (χ3v) is 6.19. The van der Waals surface area contributed by atoms with Gasteiger partial charge in [-0.05, 0) is 57.0 Å². The Balaban J connectivity index is 1.28. The Morgan fingerprint density at radius 2 is 1.79 bits per heavy atom. The molecular weight excluding hydrogens is 352 g/mol. The van der Waals surface area contributed by atoms with Crippen LogP contribution in [0.5, 0.6) is 0 Å². The Bertz CT molecular complexity index is 818. The SMILES string of the molecule is Cn1nc(C(=O)NC2CCN(CCN3CCCCC3)CC2)c2ccc(N)cc21. The molecule has 0 aliphatic carbocycles. The number of amides is 1. The van der Waals surface area contributed by atoms with E-state index < -0.39 is 0 Å². The second kappa shape index (κ2) is 8.49. The van der Waals surface area contributed by atoms with Gasteiger partial charge < -0.3 is 20.9 Å². The third kappa shape index (κ3) is 4.31. The maximum absolute atomic E-state index is 12.8. The highest BCUT2D eigenvalue weighted by atomic mass is 16.2. The monoisotopic (exact) mass is 384 g/mol. The second-order valence-corrected chi connectivity index (χ2v) is 8.24. The molecule has 152 valence electrons. The number of fused-ring (bicyclic) bond motifs is 1. The summed E-state index contributed by atoms with van der Waals surface area (Å²) in [5.41, 5.74) is 7.92. The van der Waals surface area contributed by atoms with Crippen LogP contribution in [0, 0.1) is 0 Å². The minimum Gasteiger partial charge on any atom is -0.399 e. The molecule has 4 rings (SSSR count). The van der Waals surface area contributed by atoms with Gasteiger partial charge in [0.15, 0.2) is 5.69 Å². The summed E-state index contributed by atoms with van der Waals surface area (Å²) in [6, 6.07) is 5.79. The lowest BCUT2D eigenvalue weighted by atomic mass is 10.0. The van der Waals surface area contributed by atoms with Crippen molar-refractivity contribution in [3.63, 3.8) is 0 Å². The van der Waals surface area contributed by atoms with Crippen molar-refractivity contribution in [3.8, 4) is 0 Å². The first-order valence-corrected chi connectivity index (χ1v) is 10.6. The molecule has 2 saturated heterocycles. The zero-order chi connectivity index (χ0) is 19.5. The first-order chi connectivity index (χ1) is 13.6. The Morgan fingerprint density at radius 1 is 1.11 bits per heavy atom. The Kier molecular flexibility index (Phi) is 5.82. The lowest BCUT2D eigenvalue weighted by Gasteiger charge is -2.34. The van der Waals surface area contributed by atoms with Crippen LogP contribution in [-0.4, -0.2) is 70.8 Å². The number of nitrogen functional groups attached to an aromatic ring is 1. The number of piperidine rings is 2. The molecule has 0 saturated carbocycles. The van der Waals surface area contributed by atoms with Gasteiger partial charge in [0, 0.05) is 50.3 Å². The predicted octanol–water partition coefficient (Wildman–Crippen LogP) is 1.84. The molecule has 3 N–H and O–H groups in total. The number of aryl methyl sites for hydroxylation is 1. The number of benzene rings is 1. The van der Waals surface area contributed by atoms with E-state index in [-0.39, 0.29) is 11.9 Å². The Labute approximate surface area is 166 Å². The van der Waals surface area contributed by atoms with Crippen LogP contribution in [0.1, 0.15) is 42.6 Å². The van der Waals surface area contributed by atoms with E-state index in [2.05, 4.69) is 20.2 Å². The fourth-order valence-electron chi connectivity index (χ4n) is 4.46. The second-order valence-electron chi connectivity index (χ2n) is 8.24. The maximum Gasteiger partial charge on any atom is 0.272 e. The summed E-state index contributed by atoms with van der Waals surface area (Å²) in [6.45, 7) is 6.95. The van der Waals surface area contributed by atoms with Gasteiger partial charge in [0.25, 0.3) is 5.91 Å². The van der Waals surface area contributed by atoms with Gasteiger partial charge >= 0.3 is 0 Å². The van der Waals surface area contributed by atoms with Crippen molar-refractivity contribution in [2.75, 3.05) is 45.0 Å². The van der Waals surface area contributed by atoms with E-state index in [4.69, 9.17) is 5.73 Å². The van der Waals surface area contributed by atoms with Gasteiger partial charge in [-0.2, -0.15) is 5.10 Å². The highest BCUT2D eigenvalue weighted by Crippen LogP contribution is 2.21. The lowest BCUT2D eigenvalue weighted by Crippen LogP contribution is -2.47. The van der Waals surface area contributed by atoms with Gasteiger partial charge in [0.2, 0.25) is 0 Å². The summed E-state index contributed by atoms with van der Waals surface area (Å²) in [5.74, 6) is -0.0814. The van der Waals surface area contributed by atoms with Crippen LogP contribution in [0.25, 0.3) is 10.9 Å². The molecule has 0 radical (unpaired) electrons. The summed E-state index contributed by atoms with van der Waals surface area (Å²) in [4.78, 5) is 17.9. The summed E-state index contributed by atoms with van der Waals surface area (Å²) in [6.07, 6.45) is 6.10. The van der Waals surface area contributed by atoms with Gasteiger partial charge in [-0.1, -0.05) is 6.42 Å². The number of hydrogen-bond acceptors (Lipinski definition) is 5. The smallest absolute Gasteiger partial charge is 0.272 e. The predicted molar refractivity (Wildman–Crippen MR) is 112 cm³/mol. The van der Waals surface area contributed by atoms with Crippen molar-refractivity contribution < 1.29 is 4.79 Å². The molecule has 2 aliphatic rings. The van der Waals surface area contributed by atoms with E-state index >= 15 is 0 Å². The van der Waals surface area contributed by atoms with Crippen LogP contribution in [0.4, 0.5) is 5.69 Å². The van der Waals surface area contributed by atoms with E-state index in [0.29, 0.717) is 11.4 Å². The quantitative estimate of drug-likeness (QED) is 0.769. The molecule has 0 bridgehead atoms. The molecule has 7 nitrogen and oxygen atoms in total. The van der Waals surface area contributed by atoms with Crippen LogP contribution < -0.4 is 11.1 Å². The van der Waals surface area contributed by atoms with E-state index in [9.17, 15) is 4.79 Å². The number of hydrogen-bond donors (Lipinski definition) is 2. The Hall–Kier alpha value is -2.12. The van der Waals surface area contributed by atoms with E-state index in [1.807, 2.05) is 25.2 Å². The minimum absolute atomic E-state index is 0.0814. The van der Waals surface area contributed by atoms with Crippen LogP contribution in [0.2, 0.25) is 0 Å². The molecule has 1 aromatic heterocycles. The van der Waals surface area contributed by atoms with Crippen molar-refractivity contribution in [2.45, 2.75) is 38.1 Å². The van der Waals surface area contributed by atoms with Crippen molar-refractivity contribution in [1.82, 2.24) is 24.9 Å². The molecule has 7 heteroatoms. The van der Waals surface area contributed by atoms with Crippen molar-refractivity contribution in [2.24, 2.45) is 7.05 Å². The number of anilines is 1. The summed E-state index contributed by atoms with van der Waals surface area (Å²) in [5, 5.41) is 8.48. The van der Waals surface area contributed by atoms with E-state index in [1.54, 1.807) is 4.68 Å². The Morgan fingerprint density at radius 3 is 2.50 bits per heavy atom. The van der Waals surface area contributed by atoms with E-state index in [0.717, 1.165) is 43.4 Å². The largest absolute Gasteiger partial charge is 0.399 e. The number of carbonyl (C=O) groups is 1. The highest BCUT2D eigenvalue weighted by molar-refractivity contribution is 6.05. The standard InChI is InChI=1S/C21H32N6O/c1-25-19-15-16(22)5-6-18(19)20(24-25)21(28)23-17-7-11-27(12-8-17)14-13-26-9-3-2-4-10-26/h5-6,15,17H,2-4,7-14,22H2,1H3,(H,23,28). The van der Waals surface area contributed by atoms with Gasteiger partial charge in [0.05, 0.1) is 5.52 Å². The third-order valence-electron chi connectivity index (χ3n) is 6.19. The van der Waals surface area contributed by atoms with Gasteiger partial charge in [0.1, 0.15) is 0 Å². The van der Waals surface area contributed by atoms with Crippen LogP contribution in [0.15, 0.2) is 18.2 Å². The van der Waals surface area contributed by atoms with Crippen molar-refractivity contribution in [1.29, 1.82) is 0 Å².